The van der Waals surface area contributed by atoms with Gasteiger partial charge in [-0.05, 0) is 27.2 Å². The second-order valence-corrected chi connectivity index (χ2v) is 6.49. The molecule has 0 bridgehead atoms. The Kier molecular flexibility index (Phi) is 4.66. The first-order valence-electron chi connectivity index (χ1n) is 7.74. The highest BCUT2D eigenvalue weighted by molar-refractivity contribution is 5.73. The van der Waals surface area contributed by atoms with E-state index in [1.165, 1.54) is 0 Å². The van der Waals surface area contributed by atoms with Crippen LogP contribution in [0.2, 0.25) is 0 Å². The average Bonchev–Trinajstić information content (AvgIpc) is 2.73. The summed E-state index contributed by atoms with van der Waals surface area (Å²) in [5.41, 5.74) is -0.0409. The fourth-order valence-electron chi connectivity index (χ4n) is 2.98. The van der Waals surface area contributed by atoms with Gasteiger partial charge in [0, 0.05) is 38.6 Å². The van der Waals surface area contributed by atoms with Crippen molar-refractivity contribution in [2.24, 2.45) is 0 Å². The van der Waals surface area contributed by atoms with Crippen LogP contribution >= 0.6 is 0 Å². The van der Waals surface area contributed by atoms with Gasteiger partial charge < -0.3 is 9.47 Å². The highest BCUT2D eigenvalue weighted by Crippen LogP contribution is 2.23. The van der Waals surface area contributed by atoms with Gasteiger partial charge in [0.15, 0.2) is 0 Å². The second-order valence-electron chi connectivity index (χ2n) is 6.49. The third-order valence-electron chi connectivity index (χ3n) is 4.31. The summed E-state index contributed by atoms with van der Waals surface area (Å²) in [6.45, 7) is 14.4. The molecule has 0 radical (unpaired) electrons. The lowest BCUT2D eigenvalue weighted by Gasteiger charge is -2.46. The van der Waals surface area contributed by atoms with Gasteiger partial charge in [-0.3, -0.25) is 9.69 Å². The summed E-state index contributed by atoms with van der Waals surface area (Å²) in [6.07, 6.45) is 1.08. The van der Waals surface area contributed by atoms with Crippen molar-refractivity contribution < 1.29 is 4.79 Å². The van der Waals surface area contributed by atoms with Gasteiger partial charge in [-0.25, -0.2) is 0 Å². The number of nitrogens with zero attached hydrogens (tertiary/aromatic N) is 5. The van der Waals surface area contributed by atoms with Crippen LogP contribution in [0.5, 0.6) is 0 Å². The molecular formula is C15H27N5O. The molecular weight excluding hydrogens is 266 g/mol. The minimum Gasteiger partial charge on any atom is -0.340 e. The fraction of sp³-hybridized carbons (Fsp3) is 0.800. The van der Waals surface area contributed by atoms with Crippen LogP contribution in [0.15, 0.2) is 0 Å². The van der Waals surface area contributed by atoms with E-state index in [9.17, 15) is 4.79 Å². The molecule has 0 aromatic carbocycles. The van der Waals surface area contributed by atoms with Crippen molar-refractivity contribution in [3.05, 3.63) is 11.6 Å². The van der Waals surface area contributed by atoms with Crippen molar-refractivity contribution in [2.45, 2.75) is 59.7 Å². The highest BCUT2D eigenvalue weighted by atomic mass is 16.2. The molecule has 2 rings (SSSR count). The summed E-state index contributed by atoms with van der Waals surface area (Å²) < 4.78 is 2.20. The maximum Gasteiger partial charge on any atom is 0.219 e. The van der Waals surface area contributed by atoms with E-state index >= 15 is 0 Å². The quantitative estimate of drug-likeness (QED) is 0.843. The van der Waals surface area contributed by atoms with Crippen LogP contribution in [0.1, 0.15) is 45.8 Å². The van der Waals surface area contributed by atoms with Crippen LogP contribution in [-0.4, -0.2) is 55.6 Å². The zero-order chi connectivity index (χ0) is 15.6. The summed E-state index contributed by atoms with van der Waals surface area (Å²) >= 11 is 0. The standard InChI is InChI=1S/C15H27N5O/c1-6-7-20-12(2)16-17-14(20)10-19-9-8-18(13(3)21)11-15(19,4)5/h6-11H2,1-5H3. The number of hydrogen-bond donors (Lipinski definition) is 0. The zero-order valence-electron chi connectivity index (χ0n) is 13.9. The van der Waals surface area contributed by atoms with Gasteiger partial charge in [-0.1, -0.05) is 6.92 Å². The molecule has 1 aliphatic rings. The van der Waals surface area contributed by atoms with E-state index in [0.29, 0.717) is 0 Å². The number of carbonyl (C=O) groups is 1. The van der Waals surface area contributed by atoms with Crippen LogP contribution in [0.25, 0.3) is 0 Å². The van der Waals surface area contributed by atoms with E-state index < -0.39 is 0 Å². The molecule has 0 unspecified atom stereocenters. The van der Waals surface area contributed by atoms with E-state index in [0.717, 1.165) is 50.8 Å². The molecule has 6 nitrogen and oxygen atoms in total. The Hall–Kier alpha value is -1.43. The number of aromatic nitrogens is 3. The summed E-state index contributed by atoms with van der Waals surface area (Å²) in [6, 6.07) is 0. The summed E-state index contributed by atoms with van der Waals surface area (Å²) in [4.78, 5) is 15.9. The van der Waals surface area contributed by atoms with Crippen molar-refractivity contribution in [3.8, 4) is 0 Å². The third kappa shape index (κ3) is 3.43. The molecule has 0 aliphatic carbocycles. The van der Waals surface area contributed by atoms with Gasteiger partial charge in [0.25, 0.3) is 0 Å². The van der Waals surface area contributed by atoms with Gasteiger partial charge in [0.1, 0.15) is 11.6 Å². The molecule has 21 heavy (non-hydrogen) atoms. The van der Waals surface area contributed by atoms with E-state index in [-0.39, 0.29) is 11.4 Å². The zero-order valence-corrected chi connectivity index (χ0v) is 13.9. The number of piperazine rings is 1. The van der Waals surface area contributed by atoms with E-state index in [1.807, 2.05) is 11.8 Å². The fourth-order valence-corrected chi connectivity index (χ4v) is 2.98. The van der Waals surface area contributed by atoms with Crippen molar-refractivity contribution in [2.75, 3.05) is 19.6 Å². The Morgan fingerprint density at radius 1 is 1.29 bits per heavy atom. The van der Waals surface area contributed by atoms with Gasteiger partial charge in [0.05, 0.1) is 6.54 Å². The van der Waals surface area contributed by atoms with E-state index in [4.69, 9.17) is 0 Å². The smallest absolute Gasteiger partial charge is 0.219 e. The SMILES string of the molecule is CCCn1c(C)nnc1CN1CCN(C(C)=O)CC1(C)C. The molecule has 1 aromatic heterocycles. The van der Waals surface area contributed by atoms with Crippen molar-refractivity contribution in [3.63, 3.8) is 0 Å². The summed E-state index contributed by atoms with van der Waals surface area (Å²) in [7, 11) is 0. The predicted molar refractivity (Wildman–Crippen MR) is 81.8 cm³/mol. The van der Waals surface area contributed by atoms with E-state index in [2.05, 4.69) is 40.4 Å². The first-order chi connectivity index (χ1) is 9.85. The van der Waals surface area contributed by atoms with Crippen LogP contribution in [-0.2, 0) is 17.9 Å². The number of hydrogen-bond acceptors (Lipinski definition) is 4. The molecule has 118 valence electrons. The lowest BCUT2D eigenvalue weighted by atomic mass is 9.98. The third-order valence-corrected chi connectivity index (χ3v) is 4.31. The molecule has 1 amide bonds. The Balaban J connectivity index is 2.11. The molecule has 1 fully saturated rings. The van der Waals surface area contributed by atoms with Gasteiger partial charge in [0.2, 0.25) is 5.91 Å². The first kappa shape index (κ1) is 15.9. The Bertz CT molecular complexity index is 508. The van der Waals surface area contributed by atoms with Gasteiger partial charge in [-0.15, -0.1) is 10.2 Å². The summed E-state index contributed by atoms with van der Waals surface area (Å²) in [5.74, 6) is 2.17. The Morgan fingerprint density at radius 2 is 2.00 bits per heavy atom. The molecule has 6 heteroatoms. The lowest BCUT2D eigenvalue weighted by Crippen LogP contribution is -2.59. The normalized spacial score (nSPS) is 19.0. The number of rotatable bonds is 4. The lowest BCUT2D eigenvalue weighted by molar-refractivity contribution is -0.134. The van der Waals surface area contributed by atoms with Crippen LogP contribution < -0.4 is 0 Å². The minimum atomic E-state index is -0.0409. The second kappa shape index (κ2) is 6.13. The molecule has 1 aliphatic heterocycles. The largest absolute Gasteiger partial charge is 0.340 e. The molecule has 0 atom stereocenters. The topological polar surface area (TPSA) is 54.3 Å². The van der Waals surface area contributed by atoms with Gasteiger partial charge in [-0.2, -0.15) is 0 Å². The van der Waals surface area contributed by atoms with Crippen LogP contribution in [0, 0.1) is 6.92 Å². The predicted octanol–water partition coefficient (Wildman–Crippen LogP) is 1.44. The van der Waals surface area contributed by atoms with Crippen LogP contribution in [0.3, 0.4) is 0 Å². The number of amides is 1. The van der Waals surface area contributed by atoms with Crippen molar-refractivity contribution >= 4 is 5.91 Å². The van der Waals surface area contributed by atoms with Gasteiger partial charge >= 0.3 is 0 Å². The van der Waals surface area contributed by atoms with Crippen LogP contribution in [0.4, 0.5) is 0 Å². The highest BCUT2D eigenvalue weighted by Gasteiger charge is 2.35. The first-order valence-corrected chi connectivity index (χ1v) is 7.74. The molecule has 0 saturated carbocycles. The Labute approximate surface area is 127 Å². The maximum absolute atomic E-state index is 11.6. The maximum atomic E-state index is 11.6. The number of carbonyl (C=O) groups excluding carboxylic acids is 1. The Morgan fingerprint density at radius 3 is 2.57 bits per heavy atom. The summed E-state index contributed by atoms with van der Waals surface area (Å²) in [5, 5.41) is 8.55. The number of aryl methyl sites for hydroxylation is 1. The molecule has 0 N–H and O–H groups in total. The van der Waals surface area contributed by atoms with E-state index in [1.54, 1.807) is 6.92 Å². The monoisotopic (exact) mass is 293 g/mol. The molecule has 1 aromatic rings. The van der Waals surface area contributed by atoms with Crippen molar-refractivity contribution in [1.29, 1.82) is 0 Å². The van der Waals surface area contributed by atoms with Crippen molar-refractivity contribution in [1.82, 2.24) is 24.6 Å². The molecule has 1 saturated heterocycles. The molecule has 0 spiro atoms. The molecule has 2 heterocycles. The average molecular weight is 293 g/mol. The minimum absolute atomic E-state index is 0.0409.